The van der Waals surface area contributed by atoms with E-state index in [1.165, 1.54) is 4.68 Å². The molecule has 3 aromatic rings. The first-order valence-electron chi connectivity index (χ1n) is 7.29. The Hall–Kier alpha value is -3.35. The van der Waals surface area contributed by atoms with Crippen LogP contribution in [0.5, 0.6) is 0 Å². The molecule has 0 fully saturated rings. The van der Waals surface area contributed by atoms with Crippen molar-refractivity contribution in [3.8, 4) is 11.4 Å². The molecule has 0 aliphatic rings. The third-order valence-electron chi connectivity index (χ3n) is 3.52. The van der Waals surface area contributed by atoms with E-state index in [0.717, 1.165) is 5.56 Å². The largest absolute Gasteiger partial charge is 0.491 e. The first-order valence-corrected chi connectivity index (χ1v) is 7.29. The van der Waals surface area contributed by atoms with Crippen molar-refractivity contribution in [3.05, 3.63) is 75.8 Å². The number of aryl methyl sites for hydroxylation is 1. The van der Waals surface area contributed by atoms with Crippen LogP contribution in [0.4, 0.5) is 5.95 Å². The molecular weight excluding hydrogens is 308 g/mol. The topological polar surface area (TPSA) is 90.9 Å². The Labute approximate surface area is 137 Å². The maximum Gasteiger partial charge on any atom is 0.491 e. The molecule has 0 N–H and O–H groups in total. The van der Waals surface area contributed by atoms with Crippen LogP contribution in [0.1, 0.15) is 15.9 Å². The smallest absolute Gasteiger partial charge is 0.390 e. The quantitative estimate of drug-likeness (QED) is 0.409. The van der Waals surface area contributed by atoms with Crippen molar-refractivity contribution in [1.82, 2.24) is 14.8 Å². The zero-order chi connectivity index (χ0) is 17.1. The number of aromatic nitrogens is 3. The summed E-state index contributed by atoms with van der Waals surface area (Å²) >= 11 is 0. The van der Waals surface area contributed by atoms with Crippen molar-refractivity contribution in [2.45, 2.75) is 13.5 Å². The van der Waals surface area contributed by atoms with E-state index in [9.17, 15) is 14.9 Å². The second kappa shape index (κ2) is 6.41. The summed E-state index contributed by atoms with van der Waals surface area (Å²) in [4.78, 5) is 26.7. The Kier molecular flexibility index (Phi) is 4.15. The van der Waals surface area contributed by atoms with Gasteiger partial charge in [-0.3, -0.25) is 4.79 Å². The lowest BCUT2D eigenvalue weighted by atomic mass is 10.1. The third-order valence-corrected chi connectivity index (χ3v) is 3.52. The van der Waals surface area contributed by atoms with Crippen LogP contribution >= 0.6 is 0 Å². The predicted molar refractivity (Wildman–Crippen MR) is 87.6 cm³/mol. The minimum absolute atomic E-state index is 0.117. The SMILES string of the molecule is Cc1ccc(-c2nc([N+](=O)[O-])nn2CC(=O)c2ccccc2)cc1. The molecule has 24 heavy (non-hydrogen) atoms. The van der Waals surface area contributed by atoms with Gasteiger partial charge in [0.2, 0.25) is 5.82 Å². The van der Waals surface area contributed by atoms with Crippen LogP contribution < -0.4 is 0 Å². The van der Waals surface area contributed by atoms with Gasteiger partial charge in [0.15, 0.2) is 5.78 Å². The summed E-state index contributed by atoms with van der Waals surface area (Å²) in [5, 5.41) is 14.8. The molecule has 3 rings (SSSR count). The molecule has 7 heteroatoms. The summed E-state index contributed by atoms with van der Waals surface area (Å²) in [6.07, 6.45) is 0. The van der Waals surface area contributed by atoms with Gasteiger partial charge in [-0.1, -0.05) is 48.0 Å². The van der Waals surface area contributed by atoms with Gasteiger partial charge in [0.25, 0.3) is 0 Å². The Bertz CT molecular complexity index is 886. The van der Waals surface area contributed by atoms with Crippen LogP contribution in [0.15, 0.2) is 54.6 Å². The van der Waals surface area contributed by atoms with Gasteiger partial charge < -0.3 is 10.1 Å². The van der Waals surface area contributed by atoms with E-state index in [1.54, 1.807) is 36.4 Å². The van der Waals surface area contributed by atoms with E-state index in [2.05, 4.69) is 10.1 Å². The van der Waals surface area contributed by atoms with Crippen LogP contribution in [-0.4, -0.2) is 25.5 Å². The summed E-state index contributed by atoms with van der Waals surface area (Å²) < 4.78 is 1.28. The zero-order valence-corrected chi connectivity index (χ0v) is 12.9. The lowest BCUT2D eigenvalue weighted by molar-refractivity contribution is -0.394. The first kappa shape index (κ1) is 15.5. The fourth-order valence-electron chi connectivity index (χ4n) is 2.29. The molecule has 1 aromatic heterocycles. The molecule has 0 aliphatic carbocycles. The first-order chi connectivity index (χ1) is 11.5. The summed E-state index contributed by atoms with van der Waals surface area (Å²) in [6, 6.07) is 16.1. The molecule has 0 atom stereocenters. The molecule has 0 aliphatic heterocycles. The Morgan fingerprint density at radius 2 is 1.79 bits per heavy atom. The van der Waals surface area contributed by atoms with Crippen molar-refractivity contribution in [1.29, 1.82) is 0 Å². The van der Waals surface area contributed by atoms with Gasteiger partial charge in [-0.2, -0.15) is 4.68 Å². The lowest BCUT2D eigenvalue weighted by Gasteiger charge is -2.02. The number of ketones is 1. The maximum absolute atomic E-state index is 12.4. The van der Waals surface area contributed by atoms with Gasteiger partial charge in [0.1, 0.15) is 6.54 Å². The fraction of sp³-hybridized carbons (Fsp3) is 0.118. The Balaban J connectivity index is 1.98. The number of rotatable bonds is 5. The van der Waals surface area contributed by atoms with E-state index in [4.69, 9.17) is 0 Å². The van der Waals surface area contributed by atoms with Crippen molar-refractivity contribution in [2.24, 2.45) is 0 Å². The van der Waals surface area contributed by atoms with Crippen molar-refractivity contribution in [2.75, 3.05) is 0 Å². The van der Waals surface area contributed by atoms with E-state index < -0.39 is 10.9 Å². The molecule has 2 aromatic carbocycles. The summed E-state index contributed by atoms with van der Waals surface area (Å²) in [6.45, 7) is 1.82. The van der Waals surface area contributed by atoms with Crippen LogP contribution in [0, 0.1) is 17.0 Å². The Morgan fingerprint density at radius 3 is 2.42 bits per heavy atom. The third kappa shape index (κ3) is 3.19. The molecule has 0 saturated heterocycles. The number of nitro groups is 1. The van der Waals surface area contributed by atoms with Crippen LogP contribution in [0.25, 0.3) is 11.4 Å². The molecule has 0 unspecified atom stereocenters. The molecule has 0 bridgehead atoms. The van der Waals surface area contributed by atoms with Gasteiger partial charge in [-0.25, -0.2) is 0 Å². The minimum Gasteiger partial charge on any atom is -0.390 e. The van der Waals surface area contributed by atoms with Crippen LogP contribution in [-0.2, 0) is 6.54 Å². The molecular formula is C17H14N4O3. The standard InChI is InChI=1S/C17H14N4O3/c1-12-7-9-14(10-8-12)16-18-17(21(23)24)19-20(16)11-15(22)13-5-3-2-4-6-13/h2-10H,11H2,1H3. The fourth-order valence-corrected chi connectivity index (χ4v) is 2.29. The minimum atomic E-state index is -0.665. The summed E-state index contributed by atoms with van der Waals surface area (Å²) in [5.74, 6) is -0.416. The normalized spacial score (nSPS) is 10.5. The van der Waals surface area contributed by atoms with E-state index in [-0.39, 0.29) is 12.3 Å². The molecule has 7 nitrogen and oxygen atoms in total. The zero-order valence-electron chi connectivity index (χ0n) is 12.9. The van der Waals surface area contributed by atoms with Crippen molar-refractivity contribution in [3.63, 3.8) is 0 Å². The number of carbonyl (C=O) groups is 1. The molecule has 0 saturated carbocycles. The second-order valence-corrected chi connectivity index (χ2v) is 5.31. The van der Waals surface area contributed by atoms with Gasteiger partial charge in [-0.05, 0) is 29.0 Å². The molecule has 0 radical (unpaired) electrons. The highest BCUT2D eigenvalue weighted by Crippen LogP contribution is 2.21. The van der Waals surface area contributed by atoms with E-state index in [0.29, 0.717) is 17.0 Å². The number of Topliss-reactive ketones (excluding diaryl/α,β-unsaturated/α-hetero) is 1. The predicted octanol–water partition coefficient (Wildman–Crippen LogP) is 3.04. The lowest BCUT2D eigenvalue weighted by Crippen LogP contribution is -2.13. The van der Waals surface area contributed by atoms with E-state index >= 15 is 0 Å². The van der Waals surface area contributed by atoms with Crippen LogP contribution in [0.2, 0.25) is 0 Å². The summed E-state index contributed by atoms with van der Waals surface area (Å²) in [7, 11) is 0. The highest BCUT2D eigenvalue weighted by Gasteiger charge is 2.24. The maximum atomic E-state index is 12.4. The van der Waals surface area contributed by atoms with Gasteiger partial charge in [-0.15, -0.1) is 0 Å². The molecule has 0 spiro atoms. The average Bonchev–Trinajstić information content (AvgIpc) is 3.00. The highest BCUT2D eigenvalue weighted by molar-refractivity contribution is 5.96. The number of nitrogens with zero attached hydrogens (tertiary/aromatic N) is 4. The number of benzene rings is 2. The second-order valence-electron chi connectivity index (χ2n) is 5.31. The monoisotopic (exact) mass is 322 g/mol. The van der Waals surface area contributed by atoms with Crippen molar-refractivity contribution < 1.29 is 9.72 Å². The number of hydrogen-bond acceptors (Lipinski definition) is 5. The van der Waals surface area contributed by atoms with Gasteiger partial charge in [0.05, 0.1) is 0 Å². The van der Waals surface area contributed by atoms with Gasteiger partial charge >= 0.3 is 5.95 Å². The van der Waals surface area contributed by atoms with Gasteiger partial charge in [0, 0.05) is 16.2 Å². The van der Waals surface area contributed by atoms with E-state index in [1.807, 2.05) is 25.1 Å². The van der Waals surface area contributed by atoms with Crippen LogP contribution in [0.3, 0.4) is 0 Å². The summed E-state index contributed by atoms with van der Waals surface area (Å²) in [5.41, 5.74) is 2.24. The Morgan fingerprint density at radius 1 is 1.12 bits per heavy atom. The highest BCUT2D eigenvalue weighted by atomic mass is 16.6. The number of carbonyl (C=O) groups excluding carboxylic acids is 1. The number of hydrogen-bond donors (Lipinski definition) is 0. The molecule has 1 heterocycles. The van der Waals surface area contributed by atoms with Crippen molar-refractivity contribution >= 4 is 11.7 Å². The molecule has 0 amide bonds. The average molecular weight is 322 g/mol. The molecule has 120 valence electrons.